The van der Waals surface area contributed by atoms with Gasteiger partial charge in [0.1, 0.15) is 0 Å². The summed E-state index contributed by atoms with van der Waals surface area (Å²) in [5.41, 5.74) is 1.25. The first-order valence-electron chi connectivity index (χ1n) is 4.12. The van der Waals surface area contributed by atoms with Gasteiger partial charge in [0.05, 0.1) is 6.42 Å². The van der Waals surface area contributed by atoms with E-state index in [1.54, 1.807) is 11.8 Å². The van der Waals surface area contributed by atoms with Crippen LogP contribution in [-0.2, 0) is 10.5 Å². The molecule has 70 valence electrons. The predicted molar refractivity (Wildman–Crippen MR) is 54.9 cm³/mol. The van der Waals surface area contributed by atoms with Crippen LogP contribution in [0.4, 0.5) is 0 Å². The van der Waals surface area contributed by atoms with Gasteiger partial charge in [0.2, 0.25) is 0 Å². The lowest BCUT2D eigenvalue weighted by Gasteiger charge is -1.99. The zero-order chi connectivity index (χ0) is 9.52. The van der Waals surface area contributed by atoms with Crippen molar-refractivity contribution in [3.8, 4) is 0 Å². The van der Waals surface area contributed by atoms with Gasteiger partial charge in [0.15, 0.2) is 0 Å². The van der Waals surface area contributed by atoms with Crippen LogP contribution in [0.2, 0.25) is 0 Å². The molecule has 0 aromatic heterocycles. The van der Waals surface area contributed by atoms with Crippen LogP contribution in [0.5, 0.6) is 0 Å². The monoisotopic (exact) mass is 196 g/mol. The van der Waals surface area contributed by atoms with E-state index >= 15 is 0 Å². The third-order valence-corrected chi connectivity index (χ3v) is 2.60. The maximum absolute atomic E-state index is 10.2. The lowest BCUT2D eigenvalue weighted by atomic mass is 10.2. The molecule has 0 aliphatic heterocycles. The summed E-state index contributed by atoms with van der Waals surface area (Å²) < 4.78 is 0. The van der Waals surface area contributed by atoms with E-state index in [0.717, 1.165) is 5.75 Å². The van der Waals surface area contributed by atoms with Crippen LogP contribution >= 0.6 is 11.8 Å². The number of carbonyl (C=O) groups is 1. The Morgan fingerprint density at radius 3 is 2.62 bits per heavy atom. The van der Waals surface area contributed by atoms with Crippen LogP contribution < -0.4 is 0 Å². The molecule has 0 fully saturated rings. The topological polar surface area (TPSA) is 37.3 Å². The fourth-order valence-electron chi connectivity index (χ4n) is 0.924. The van der Waals surface area contributed by atoms with Crippen molar-refractivity contribution in [1.82, 2.24) is 0 Å². The number of rotatable bonds is 5. The van der Waals surface area contributed by atoms with Crippen molar-refractivity contribution in [2.45, 2.75) is 12.2 Å². The normalized spacial score (nSPS) is 9.85. The highest BCUT2D eigenvalue weighted by Crippen LogP contribution is 2.12. The van der Waals surface area contributed by atoms with Crippen molar-refractivity contribution in [1.29, 1.82) is 0 Å². The van der Waals surface area contributed by atoms with Crippen molar-refractivity contribution in [2.24, 2.45) is 0 Å². The predicted octanol–water partition coefficient (Wildman–Crippen LogP) is 2.39. The van der Waals surface area contributed by atoms with Crippen LogP contribution in [0.15, 0.2) is 30.3 Å². The first kappa shape index (κ1) is 10.1. The minimum Gasteiger partial charge on any atom is -0.481 e. The standard InChI is InChI=1S/C10H12O2S/c11-10(12)6-7-13-8-9-4-2-1-3-5-9/h1-5H,6-8H2,(H,11,12). The van der Waals surface area contributed by atoms with Crippen molar-refractivity contribution in [3.63, 3.8) is 0 Å². The van der Waals surface area contributed by atoms with Gasteiger partial charge in [0, 0.05) is 11.5 Å². The number of thioether (sulfide) groups is 1. The third kappa shape index (κ3) is 4.58. The Balaban J connectivity index is 2.17. The minimum atomic E-state index is -0.722. The molecule has 13 heavy (non-hydrogen) atoms. The van der Waals surface area contributed by atoms with Gasteiger partial charge >= 0.3 is 5.97 Å². The Morgan fingerprint density at radius 1 is 1.31 bits per heavy atom. The van der Waals surface area contributed by atoms with Crippen LogP contribution in [0.25, 0.3) is 0 Å². The Bertz CT molecular complexity index is 259. The molecule has 3 heteroatoms. The van der Waals surface area contributed by atoms with E-state index in [2.05, 4.69) is 0 Å². The van der Waals surface area contributed by atoms with Gasteiger partial charge in [-0.1, -0.05) is 30.3 Å². The molecule has 1 aromatic rings. The van der Waals surface area contributed by atoms with Gasteiger partial charge in [-0.3, -0.25) is 4.79 Å². The van der Waals surface area contributed by atoms with Crippen molar-refractivity contribution in [2.75, 3.05) is 5.75 Å². The quantitative estimate of drug-likeness (QED) is 0.735. The summed E-state index contributed by atoms with van der Waals surface area (Å²) in [5, 5.41) is 8.40. The molecule has 2 nitrogen and oxygen atoms in total. The van der Waals surface area contributed by atoms with Crippen molar-refractivity contribution < 1.29 is 9.90 Å². The van der Waals surface area contributed by atoms with Gasteiger partial charge in [-0.2, -0.15) is 11.8 Å². The highest BCUT2D eigenvalue weighted by molar-refractivity contribution is 7.98. The molecule has 0 aliphatic carbocycles. The molecule has 0 aliphatic rings. The maximum atomic E-state index is 10.2. The zero-order valence-corrected chi connectivity index (χ0v) is 8.09. The van der Waals surface area contributed by atoms with Crippen LogP contribution in [0.3, 0.4) is 0 Å². The summed E-state index contributed by atoms with van der Waals surface area (Å²) in [6.07, 6.45) is 0.248. The second kappa shape index (κ2) is 5.65. The highest BCUT2D eigenvalue weighted by Gasteiger charge is 1.96. The number of hydrogen-bond donors (Lipinski definition) is 1. The summed E-state index contributed by atoms with van der Waals surface area (Å²) in [5.74, 6) is 0.860. The number of hydrogen-bond acceptors (Lipinski definition) is 2. The molecule has 1 N–H and O–H groups in total. The SMILES string of the molecule is O=C(O)CCSCc1ccccc1. The molecule has 1 rings (SSSR count). The highest BCUT2D eigenvalue weighted by atomic mass is 32.2. The number of carboxylic acid groups (broad SMARTS) is 1. The van der Waals surface area contributed by atoms with Crippen molar-refractivity contribution >= 4 is 17.7 Å². The largest absolute Gasteiger partial charge is 0.481 e. The Hall–Kier alpha value is -0.960. The lowest BCUT2D eigenvalue weighted by Crippen LogP contribution is -1.96. The molecule has 0 atom stereocenters. The molecule has 0 radical (unpaired) electrons. The third-order valence-electron chi connectivity index (χ3n) is 1.57. The maximum Gasteiger partial charge on any atom is 0.304 e. The van der Waals surface area contributed by atoms with Crippen molar-refractivity contribution in [3.05, 3.63) is 35.9 Å². The second-order valence-electron chi connectivity index (χ2n) is 2.68. The van der Waals surface area contributed by atoms with E-state index in [1.165, 1.54) is 5.56 Å². The van der Waals surface area contributed by atoms with Gasteiger partial charge < -0.3 is 5.11 Å². The Morgan fingerprint density at radius 2 is 2.00 bits per heavy atom. The average Bonchev–Trinajstić information content (AvgIpc) is 2.14. The fourth-order valence-corrected chi connectivity index (χ4v) is 1.82. The number of carboxylic acids is 1. The first-order chi connectivity index (χ1) is 6.29. The minimum absolute atomic E-state index is 0.248. The molecule has 0 bridgehead atoms. The molecule has 0 unspecified atom stereocenters. The first-order valence-corrected chi connectivity index (χ1v) is 5.28. The molecule has 1 aromatic carbocycles. The number of aliphatic carboxylic acids is 1. The average molecular weight is 196 g/mol. The van der Waals surface area contributed by atoms with Crippen LogP contribution in [0, 0.1) is 0 Å². The Kier molecular flexibility index (Phi) is 4.40. The summed E-state index contributed by atoms with van der Waals surface area (Å²) in [6, 6.07) is 10.1. The lowest BCUT2D eigenvalue weighted by molar-refractivity contribution is -0.136. The molecule has 0 saturated heterocycles. The summed E-state index contributed by atoms with van der Waals surface area (Å²) in [6.45, 7) is 0. The van der Waals surface area contributed by atoms with Gasteiger partial charge in [-0.05, 0) is 5.56 Å². The van der Waals surface area contributed by atoms with E-state index in [9.17, 15) is 4.79 Å². The van der Waals surface area contributed by atoms with Gasteiger partial charge in [-0.25, -0.2) is 0 Å². The summed E-state index contributed by atoms with van der Waals surface area (Å²) in [4.78, 5) is 10.2. The Labute approximate surface area is 82.0 Å². The molecule has 0 amide bonds. The summed E-state index contributed by atoms with van der Waals surface area (Å²) in [7, 11) is 0. The van der Waals surface area contributed by atoms with Crippen LogP contribution in [-0.4, -0.2) is 16.8 Å². The van der Waals surface area contributed by atoms with E-state index in [4.69, 9.17) is 5.11 Å². The molecule has 0 saturated carbocycles. The van der Waals surface area contributed by atoms with E-state index in [-0.39, 0.29) is 6.42 Å². The number of benzene rings is 1. The zero-order valence-electron chi connectivity index (χ0n) is 7.27. The molecule has 0 heterocycles. The van der Waals surface area contributed by atoms with Gasteiger partial charge in [-0.15, -0.1) is 0 Å². The van der Waals surface area contributed by atoms with Gasteiger partial charge in [0.25, 0.3) is 0 Å². The second-order valence-corrected chi connectivity index (χ2v) is 3.79. The molecule has 0 spiro atoms. The van der Waals surface area contributed by atoms with Crippen LogP contribution in [0.1, 0.15) is 12.0 Å². The molecular formula is C10H12O2S. The fraction of sp³-hybridized carbons (Fsp3) is 0.300. The smallest absolute Gasteiger partial charge is 0.304 e. The van der Waals surface area contributed by atoms with E-state index < -0.39 is 5.97 Å². The molecular weight excluding hydrogens is 184 g/mol. The van der Waals surface area contributed by atoms with E-state index in [0.29, 0.717) is 5.75 Å². The summed E-state index contributed by atoms with van der Waals surface area (Å²) >= 11 is 1.65. The van der Waals surface area contributed by atoms with E-state index in [1.807, 2.05) is 30.3 Å².